The molecule has 138 valence electrons. The van der Waals surface area contributed by atoms with Crippen LogP contribution in [0.1, 0.15) is 23.1 Å². The highest BCUT2D eigenvalue weighted by atomic mass is 16.5. The van der Waals surface area contributed by atoms with E-state index in [1.54, 1.807) is 0 Å². The Labute approximate surface area is 154 Å². The zero-order valence-electron chi connectivity index (χ0n) is 15.4. The SMILES string of the molecule is Cc1ccc(CCC(=O)NCCNC(=O)COc2ccc(C)cc2)cc1. The molecule has 0 aliphatic carbocycles. The molecule has 0 heterocycles. The molecular weight excluding hydrogens is 328 g/mol. The van der Waals surface area contributed by atoms with Crippen molar-refractivity contribution >= 4 is 11.8 Å². The lowest BCUT2D eigenvalue weighted by Crippen LogP contribution is -2.36. The number of nitrogens with one attached hydrogen (secondary N) is 2. The summed E-state index contributed by atoms with van der Waals surface area (Å²) in [6, 6.07) is 15.7. The summed E-state index contributed by atoms with van der Waals surface area (Å²) in [7, 11) is 0. The highest BCUT2D eigenvalue weighted by Crippen LogP contribution is 2.10. The summed E-state index contributed by atoms with van der Waals surface area (Å²) >= 11 is 0. The number of hydrogen-bond acceptors (Lipinski definition) is 3. The average Bonchev–Trinajstić information content (AvgIpc) is 2.64. The molecular formula is C21H26N2O3. The van der Waals surface area contributed by atoms with E-state index in [1.807, 2.05) is 62.4 Å². The fourth-order valence-electron chi connectivity index (χ4n) is 2.34. The summed E-state index contributed by atoms with van der Waals surface area (Å²) < 4.78 is 5.40. The lowest BCUT2D eigenvalue weighted by Gasteiger charge is -2.09. The van der Waals surface area contributed by atoms with Crippen molar-refractivity contribution in [3.8, 4) is 5.75 Å². The third-order valence-electron chi connectivity index (χ3n) is 3.92. The van der Waals surface area contributed by atoms with Gasteiger partial charge in [0.2, 0.25) is 5.91 Å². The van der Waals surface area contributed by atoms with Gasteiger partial charge in [-0.1, -0.05) is 47.5 Å². The molecule has 2 aromatic rings. The van der Waals surface area contributed by atoms with E-state index in [9.17, 15) is 9.59 Å². The van der Waals surface area contributed by atoms with Gasteiger partial charge in [-0.3, -0.25) is 9.59 Å². The number of ether oxygens (including phenoxy) is 1. The smallest absolute Gasteiger partial charge is 0.258 e. The zero-order valence-corrected chi connectivity index (χ0v) is 15.4. The van der Waals surface area contributed by atoms with Gasteiger partial charge in [0.05, 0.1) is 0 Å². The molecule has 0 aromatic heterocycles. The van der Waals surface area contributed by atoms with Gasteiger partial charge in [-0.2, -0.15) is 0 Å². The van der Waals surface area contributed by atoms with Gasteiger partial charge in [-0.05, 0) is 38.0 Å². The number of aryl methyl sites for hydroxylation is 3. The Morgan fingerprint density at radius 2 is 1.35 bits per heavy atom. The van der Waals surface area contributed by atoms with E-state index >= 15 is 0 Å². The quantitative estimate of drug-likeness (QED) is 0.680. The van der Waals surface area contributed by atoms with Gasteiger partial charge in [0, 0.05) is 19.5 Å². The van der Waals surface area contributed by atoms with Crippen LogP contribution in [-0.4, -0.2) is 31.5 Å². The third-order valence-corrected chi connectivity index (χ3v) is 3.92. The molecule has 2 rings (SSSR count). The first-order chi connectivity index (χ1) is 12.5. The van der Waals surface area contributed by atoms with Gasteiger partial charge in [0.25, 0.3) is 5.91 Å². The second-order valence-electron chi connectivity index (χ2n) is 6.29. The minimum atomic E-state index is -0.209. The molecule has 26 heavy (non-hydrogen) atoms. The van der Waals surface area contributed by atoms with Crippen LogP contribution < -0.4 is 15.4 Å². The fourth-order valence-corrected chi connectivity index (χ4v) is 2.34. The number of amides is 2. The van der Waals surface area contributed by atoms with E-state index < -0.39 is 0 Å². The Bertz CT molecular complexity index is 646. The second kappa shape index (κ2) is 10.2. The first-order valence-corrected chi connectivity index (χ1v) is 8.81. The van der Waals surface area contributed by atoms with E-state index in [4.69, 9.17) is 4.74 Å². The summed E-state index contributed by atoms with van der Waals surface area (Å²) in [6.07, 6.45) is 1.15. The van der Waals surface area contributed by atoms with Crippen molar-refractivity contribution in [3.63, 3.8) is 0 Å². The maximum absolute atomic E-state index is 11.8. The minimum absolute atomic E-state index is 0.0178. The summed E-state index contributed by atoms with van der Waals surface area (Å²) in [5, 5.41) is 5.53. The minimum Gasteiger partial charge on any atom is -0.484 e. The molecule has 0 fully saturated rings. The largest absolute Gasteiger partial charge is 0.484 e. The van der Waals surface area contributed by atoms with Gasteiger partial charge < -0.3 is 15.4 Å². The van der Waals surface area contributed by atoms with Crippen LogP contribution in [0, 0.1) is 13.8 Å². The Morgan fingerprint density at radius 1 is 0.808 bits per heavy atom. The van der Waals surface area contributed by atoms with Gasteiger partial charge in [-0.25, -0.2) is 0 Å². The number of carbonyl (C=O) groups is 2. The van der Waals surface area contributed by atoms with Crippen molar-refractivity contribution < 1.29 is 14.3 Å². The van der Waals surface area contributed by atoms with Crippen molar-refractivity contribution in [3.05, 3.63) is 65.2 Å². The van der Waals surface area contributed by atoms with E-state index in [0.29, 0.717) is 31.7 Å². The predicted molar refractivity (Wildman–Crippen MR) is 102 cm³/mol. The molecule has 0 aliphatic heterocycles. The lowest BCUT2D eigenvalue weighted by atomic mass is 10.1. The number of carbonyl (C=O) groups excluding carboxylic acids is 2. The molecule has 0 radical (unpaired) electrons. The molecule has 0 saturated heterocycles. The molecule has 0 atom stereocenters. The Kier molecular flexibility index (Phi) is 7.68. The van der Waals surface area contributed by atoms with E-state index in [-0.39, 0.29) is 18.4 Å². The molecule has 5 nitrogen and oxygen atoms in total. The van der Waals surface area contributed by atoms with Crippen molar-refractivity contribution in [1.82, 2.24) is 10.6 Å². The first-order valence-electron chi connectivity index (χ1n) is 8.81. The lowest BCUT2D eigenvalue weighted by molar-refractivity contribution is -0.124. The van der Waals surface area contributed by atoms with Crippen molar-refractivity contribution in [2.24, 2.45) is 0 Å². The summed E-state index contributed by atoms with van der Waals surface area (Å²) in [4.78, 5) is 23.5. The zero-order chi connectivity index (χ0) is 18.8. The van der Waals surface area contributed by atoms with Crippen LogP contribution in [0.25, 0.3) is 0 Å². The second-order valence-corrected chi connectivity index (χ2v) is 6.29. The molecule has 0 saturated carbocycles. The van der Waals surface area contributed by atoms with Gasteiger partial charge in [0.15, 0.2) is 6.61 Å². The molecule has 0 spiro atoms. The predicted octanol–water partition coefficient (Wildman–Crippen LogP) is 2.55. The Hall–Kier alpha value is -2.82. The van der Waals surface area contributed by atoms with E-state index in [0.717, 1.165) is 11.1 Å². The van der Waals surface area contributed by atoms with Crippen LogP contribution in [0.3, 0.4) is 0 Å². The van der Waals surface area contributed by atoms with Crippen LogP contribution in [0.5, 0.6) is 5.75 Å². The third kappa shape index (κ3) is 7.38. The maximum Gasteiger partial charge on any atom is 0.258 e. The van der Waals surface area contributed by atoms with Gasteiger partial charge in [-0.15, -0.1) is 0 Å². The average molecular weight is 354 g/mol. The van der Waals surface area contributed by atoms with E-state index in [1.165, 1.54) is 5.56 Å². The normalized spacial score (nSPS) is 10.2. The molecule has 0 bridgehead atoms. The maximum atomic E-state index is 11.8. The van der Waals surface area contributed by atoms with Gasteiger partial charge >= 0.3 is 0 Å². The molecule has 5 heteroatoms. The monoisotopic (exact) mass is 354 g/mol. The Balaban J connectivity index is 1.54. The Morgan fingerprint density at radius 3 is 1.96 bits per heavy atom. The van der Waals surface area contributed by atoms with Crippen molar-refractivity contribution in [2.45, 2.75) is 26.7 Å². The highest BCUT2D eigenvalue weighted by molar-refractivity contribution is 5.78. The fraction of sp³-hybridized carbons (Fsp3) is 0.333. The first kappa shape index (κ1) is 19.5. The number of benzene rings is 2. The van der Waals surface area contributed by atoms with E-state index in [2.05, 4.69) is 10.6 Å². The van der Waals surface area contributed by atoms with Crippen LogP contribution in [0.4, 0.5) is 0 Å². The molecule has 0 unspecified atom stereocenters. The van der Waals surface area contributed by atoms with Crippen LogP contribution >= 0.6 is 0 Å². The summed E-state index contributed by atoms with van der Waals surface area (Å²) in [6.45, 7) is 4.78. The summed E-state index contributed by atoms with van der Waals surface area (Å²) in [5.41, 5.74) is 3.49. The molecule has 2 amide bonds. The number of rotatable bonds is 9. The van der Waals surface area contributed by atoms with Crippen LogP contribution in [0.15, 0.2) is 48.5 Å². The van der Waals surface area contributed by atoms with Gasteiger partial charge in [0.1, 0.15) is 5.75 Å². The van der Waals surface area contributed by atoms with Crippen molar-refractivity contribution in [1.29, 1.82) is 0 Å². The van der Waals surface area contributed by atoms with Crippen LogP contribution in [-0.2, 0) is 16.0 Å². The molecule has 2 aromatic carbocycles. The molecule has 2 N–H and O–H groups in total. The molecule has 0 aliphatic rings. The number of hydrogen-bond donors (Lipinski definition) is 2. The highest BCUT2D eigenvalue weighted by Gasteiger charge is 2.04. The van der Waals surface area contributed by atoms with Crippen molar-refractivity contribution in [2.75, 3.05) is 19.7 Å². The van der Waals surface area contributed by atoms with Crippen LogP contribution in [0.2, 0.25) is 0 Å². The standard InChI is InChI=1S/C21H26N2O3/c1-16-3-7-18(8-4-16)9-12-20(24)22-13-14-23-21(25)15-26-19-10-5-17(2)6-11-19/h3-8,10-11H,9,12-15H2,1-2H3,(H,22,24)(H,23,25). The summed E-state index contributed by atoms with van der Waals surface area (Å²) in [5.74, 6) is 0.436. The topological polar surface area (TPSA) is 67.4 Å².